The van der Waals surface area contributed by atoms with Crippen LogP contribution in [0.5, 0.6) is 0 Å². The van der Waals surface area contributed by atoms with Gasteiger partial charge in [0.25, 0.3) is 5.91 Å². The van der Waals surface area contributed by atoms with Crippen molar-refractivity contribution < 1.29 is 14.3 Å². The number of pyridine rings is 1. The van der Waals surface area contributed by atoms with E-state index in [1.807, 2.05) is 0 Å². The number of nitrogens with zero attached hydrogens (tertiary/aromatic N) is 1. The van der Waals surface area contributed by atoms with Gasteiger partial charge < -0.3 is 15.8 Å². The van der Waals surface area contributed by atoms with E-state index in [0.29, 0.717) is 27.0 Å². The molecule has 6 nitrogen and oxygen atoms in total. The summed E-state index contributed by atoms with van der Waals surface area (Å²) < 4.78 is 5.08. The van der Waals surface area contributed by atoms with E-state index in [1.165, 1.54) is 46.6 Å². The number of ether oxygens (including phenoxy) is 1. The van der Waals surface area contributed by atoms with Crippen molar-refractivity contribution >= 4 is 55.5 Å². The molecule has 0 aliphatic heterocycles. The minimum absolute atomic E-state index is 0.291. The van der Waals surface area contributed by atoms with Crippen LogP contribution < -0.4 is 11.1 Å². The van der Waals surface area contributed by atoms with Gasteiger partial charge in [0.05, 0.1) is 18.4 Å². The van der Waals surface area contributed by atoms with Gasteiger partial charge in [-0.3, -0.25) is 4.79 Å². The highest BCUT2D eigenvalue weighted by atomic mass is 32.1. The van der Waals surface area contributed by atoms with Crippen molar-refractivity contribution in [2.24, 2.45) is 5.92 Å². The lowest BCUT2D eigenvalue weighted by Crippen LogP contribution is -2.15. The van der Waals surface area contributed by atoms with Crippen molar-refractivity contribution in [3.63, 3.8) is 0 Å². The van der Waals surface area contributed by atoms with Crippen LogP contribution in [0.4, 0.5) is 10.7 Å². The molecule has 0 aromatic carbocycles. The Hall–Kier alpha value is -2.45. The molecular weight excluding hydrogens is 454 g/mol. The molecule has 0 fully saturated rings. The molecule has 2 aliphatic carbocycles. The predicted molar refractivity (Wildman–Crippen MR) is 135 cm³/mol. The number of aryl methyl sites for hydroxylation is 2. The van der Waals surface area contributed by atoms with Gasteiger partial charge in [0.15, 0.2) is 0 Å². The normalized spacial score (nSPS) is 18.2. The second kappa shape index (κ2) is 9.06. The zero-order valence-electron chi connectivity index (χ0n) is 19.1. The maximum atomic E-state index is 13.3. The summed E-state index contributed by atoms with van der Waals surface area (Å²) in [5, 5.41) is 4.42. The average molecular weight is 484 g/mol. The number of thiophene rings is 2. The Morgan fingerprint density at radius 2 is 1.94 bits per heavy atom. The molecule has 0 spiro atoms. The number of nitrogen functional groups attached to an aromatic ring is 1. The van der Waals surface area contributed by atoms with Gasteiger partial charge in [-0.25, -0.2) is 9.78 Å². The van der Waals surface area contributed by atoms with Crippen molar-refractivity contribution in [1.29, 1.82) is 0 Å². The fraction of sp³-hybridized carbons (Fsp3) is 0.480. The molecule has 174 valence electrons. The van der Waals surface area contributed by atoms with Gasteiger partial charge in [-0.1, -0.05) is 19.8 Å². The third-order valence-electron chi connectivity index (χ3n) is 6.83. The van der Waals surface area contributed by atoms with Gasteiger partial charge in [-0.15, -0.1) is 22.7 Å². The summed E-state index contributed by atoms with van der Waals surface area (Å²) in [5.41, 5.74) is 10.8. The van der Waals surface area contributed by atoms with Crippen molar-refractivity contribution in [2.45, 2.75) is 64.7 Å². The van der Waals surface area contributed by atoms with Gasteiger partial charge in [0.1, 0.15) is 14.7 Å². The first-order valence-electron chi connectivity index (χ1n) is 11.7. The number of fused-ring (bicyclic) bond motifs is 3. The van der Waals surface area contributed by atoms with E-state index in [0.717, 1.165) is 72.8 Å². The van der Waals surface area contributed by atoms with E-state index in [9.17, 15) is 9.59 Å². The molecule has 1 unspecified atom stereocenters. The quantitative estimate of drug-likeness (QED) is 0.462. The van der Waals surface area contributed by atoms with Crippen molar-refractivity contribution in [3.05, 3.63) is 38.2 Å². The van der Waals surface area contributed by atoms with Crippen LogP contribution in [0, 0.1) is 5.92 Å². The lowest BCUT2D eigenvalue weighted by atomic mass is 9.87. The predicted octanol–water partition coefficient (Wildman–Crippen LogP) is 5.76. The third-order valence-corrected chi connectivity index (χ3v) is 9.15. The summed E-state index contributed by atoms with van der Waals surface area (Å²) in [6.07, 6.45) is 9.36. The fourth-order valence-corrected chi connectivity index (χ4v) is 7.29. The Balaban J connectivity index is 1.50. The van der Waals surface area contributed by atoms with E-state index in [-0.39, 0.29) is 5.91 Å². The Morgan fingerprint density at radius 1 is 1.15 bits per heavy atom. The number of nitrogens with one attached hydrogen (secondary N) is 1. The number of carbonyl (C=O) groups is 2. The van der Waals surface area contributed by atoms with Crippen molar-refractivity contribution in [1.82, 2.24) is 4.98 Å². The Bertz CT molecular complexity index is 1240. The minimum Gasteiger partial charge on any atom is -0.465 e. The number of hydrogen-bond donors (Lipinski definition) is 2. The minimum atomic E-state index is -0.392. The number of amides is 1. The lowest BCUT2D eigenvalue weighted by molar-refractivity contribution is 0.0601. The molecule has 0 saturated carbocycles. The van der Waals surface area contributed by atoms with Crippen LogP contribution in [-0.2, 0) is 30.4 Å². The van der Waals surface area contributed by atoms with E-state index in [4.69, 9.17) is 15.5 Å². The lowest BCUT2D eigenvalue weighted by Gasteiger charge is -2.20. The summed E-state index contributed by atoms with van der Waals surface area (Å²) in [4.78, 5) is 33.3. The second-order valence-corrected chi connectivity index (χ2v) is 11.3. The topological polar surface area (TPSA) is 94.3 Å². The third kappa shape index (κ3) is 4.15. The zero-order chi connectivity index (χ0) is 23.1. The molecule has 2 aliphatic rings. The Morgan fingerprint density at radius 3 is 2.73 bits per heavy atom. The monoisotopic (exact) mass is 483 g/mol. The summed E-state index contributed by atoms with van der Waals surface area (Å²) in [6, 6.07) is 2.12. The molecule has 1 amide bonds. The van der Waals surface area contributed by atoms with E-state index >= 15 is 0 Å². The van der Waals surface area contributed by atoms with E-state index in [2.05, 4.69) is 18.3 Å². The van der Waals surface area contributed by atoms with Gasteiger partial charge >= 0.3 is 5.97 Å². The molecule has 5 rings (SSSR count). The summed E-state index contributed by atoms with van der Waals surface area (Å²) in [7, 11) is 1.39. The number of rotatable bonds is 3. The van der Waals surface area contributed by atoms with E-state index in [1.54, 1.807) is 0 Å². The molecule has 3 aromatic rings. The molecular formula is C25H29N3O3S2. The van der Waals surface area contributed by atoms with Crippen LogP contribution in [0.1, 0.15) is 80.8 Å². The number of esters is 1. The van der Waals surface area contributed by atoms with Crippen LogP contribution in [-0.4, -0.2) is 24.0 Å². The SMILES string of the molecule is COC(=O)c1c(NC(=O)c2sc3nc4c(cc3c2N)CC(C)CC4)sc2c1CCCCCC2. The van der Waals surface area contributed by atoms with Gasteiger partial charge in [-0.05, 0) is 68.1 Å². The highest BCUT2D eigenvalue weighted by molar-refractivity contribution is 7.21. The average Bonchev–Trinajstić information content (AvgIpc) is 3.28. The number of anilines is 2. The second-order valence-electron chi connectivity index (χ2n) is 9.21. The molecule has 0 saturated heterocycles. The Kier molecular flexibility index (Phi) is 6.14. The summed E-state index contributed by atoms with van der Waals surface area (Å²) >= 11 is 2.83. The number of methoxy groups -OCH3 is 1. The molecule has 0 bridgehead atoms. The Labute approximate surface area is 201 Å². The largest absolute Gasteiger partial charge is 0.465 e. The number of carbonyl (C=O) groups excluding carboxylic acids is 2. The van der Waals surface area contributed by atoms with Gasteiger partial charge in [0.2, 0.25) is 0 Å². The van der Waals surface area contributed by atoms with Crippen molar-refractivity contribution in [2.75, 3.05) is 18.2 Å². The smallest absolute Gasteiger partial charge is 0.341 e. The fourth-order valence-electron chi connectivity index (χ4n) is 5.03. The first kappa shape index (κ1) is 22.3. The first-order chi connectivity index (χ1) is 16.0. The molecule has 0 radical (unpaired) electrons. The van der Waals surface area contributed by atoms with Gasteiger partial charge in [-0.2, -0.15) is 0 Å². The zero-order valence-corrected chi connectivity index (χ0v) is 20.7. The molecule has 1 atom stereocenters. The highest BCUT2D eigenvalue weighted by Gasteiger charge is 2.28. The van der Waals surface area contributed by atoms with Crippen LogP contribution in [0.15, 0.2) is 6.07 Å². The number of nitrogens with two attached hydrogens (primary N) is 1. The summed E-state index contributed by atoms with van der Waals surface area (Å²) in [5.74, 6) is -0.0493. The molecule has 33 heavy (non-hydrogen) atoms. The van der Waals surface area contributed by atoms with Crippen LogP contribution >= 0.6 is 22.7 Å². The van der Waals surface area contributed by atoms with E-state index < -0.39 is 5.97 Å². The maximum absolute atomic E-state index is 13.3. The van der Waals surface area contributed by atoms with Gasteiger partial charge in [0, 0.05) is 16.0 Å². The number of hydrogen-bond acceptors (Lipinski definition) is 7. The first-order valence-corrected chi connectivity index (χ1v) is 13.3. The van der Waals surface area contributed by atoms with Crippen LogP contribution in [0.3, 0.4) is 0 Å². The summed E-state index contributed by atoms with van der Waals surface area (Å²) in [6.45, 7) is 2.26. The highest BCUT2D eigenvalue weighted by Crippen LogP contribution is 2.40. The molecule has 8 heteroatoms. The molecule has 3 aromatic heterocycles. The molecule has 3 N–H and O–H groups in total. The van der Waals surface area contributed by atoms with Crippen molar-refractivity contribution in [3.8, 4) is 0 Å². The van der Waals surface area contributed by atoms with Crippen LogP contribution in [0.25, 0.3) is 10.2 Å². The molecule has 3 heterocycles. The van der Waals surface area contributed by atoms with Crippen LogP contribution in [0.2, 0.25) is 0 Å². The number of aromatic nitrogens is 1. The maximum Gasteiger partial charge on any atom is 0.341 e. The standard InChI is InChI=1S/C25H29N3O3S2/c1-13-9-10-17-14(11-13)12-16-20(26)21(33-23(16)27-17)22(29)28-24-19(25(30)31-2)15-7-5-3-4-6-8-18(15)32-24/h12-13H,3-11,26H2,1-2H3,(H,28,29).